The second kappa shape index (κ2) is 5.79. The van der Waals surface area contributed by atoms with Crippen molar-refractivity contribution in [2.45, 2.75) is 49.7 Å². The van der Waals surface area contributed by atoms with E-state index in [-0.39, 0.29) is 11.8 Å². The van der Waals surface area contributed by atoms with Gasteiger partial charge in [-0.15, -0.1) is 0 Å². The molecule has 1 aromatic rings. The smallest absolute Gasteiger partial charge is 0.416 e. The van der Waals surface area contributed by atoms with Gasteiger partial charge in [0, 0.05) is 5.92 Å². The zero-order valence-corrected chi connectivity index (χ0v) is 12.9. The number of carbonyl (C=O) groups is 2. The highest BCUT2D eigenvalue weighted by atomic mass is 19.4. The molecule has 7 heteroatoms. The molecule has 24 heavy (non-hydrogen) atoms. The lowest BCUT2D eigenvalue weighted by molar-refractivity contribution is -0.147. The fourth-order valence-electron chi connectivity index (χ4n) is 3.50. The van der Waals surface area contributed by atoms with Crippen LogP contribution in [0.5, 0.6) is 0 Å². The molecule has 2 saturated carbocycles. The summed E-state index contributed by atoms with van der Waals surface area (Å²) in [7, 11) is 0. The molecule has 4 nitrogen and oxygen atoms in total. The molecule has 2 N–H and O–H groups in total. The lowest BCUT2D eigenvalue weighted by atomic mass is 9.97. The number of amides is 1. The molecule has 0 bridgehead atoms. The summed E-state index contributed by atoms with van der Waals surface area (Å²) in [5, 5.41) is 12.0. The van der Waals surface area contributed by atoms with Crippen molar-refractivity contribution < 1.29 is 27.9 Å². The number of carboxylic acid groups (broad SMARTS) is 1. The Balaban J connectivity index is 1.69. The first-order valence-electron chi connectivity index (χ1n) is 7.95. The van der Waals surface area contributed by atoms with Crippen LogP contribution in [-0.4, -0.2) is 22.5 Å². The van der Waals surface area contributed by atoms with Crippen LogP contribution in [0, 0.1) is 5.92 Å². The third kappa shape index (κ3) is 3.12. The minimum Gasteiger partial charge on any atom is -0.480 e. The summed E-state index contributed by atoms with van der Waals surface area (Å²) in [4.78, 5) is 23.8. The fraction of sp³-hybridized carbons (Fsp3) is 0.529. The number of benzene rings is 1. The third-order valence-corrected chi connectivity index (χ3v) is 5.00. The number of nitrogens with one attached hydrogen (secondary N) is 1. The first-order chi connectivity index (χ1) is 11.2. The highest BCUT2D eigenvalue weighted by Crippen LogP contribution is 2.49. The molecule has 2 atom stereocenters. The van der Waals surface area contributed by atoms with Gasteiger partial charge in [-0.25, -0.2) is 4.79 Å². The Labute approximate surface area is 137 Å². The second-order valence-electron chi connectivity index (χ2n) is 6.66. The Kier molecular flexibility index (Phi) is 4.05. The van der Waals surface area contributed by atoms with Gasteiger partial charge >= 0.3 is 12.1 Å². The van der Waals surface area contributed by atoms with E-state index in [0.717, 1.165) is 25.0 Å². The second-order valence-corrected chi connectivity index (χ2v) is 6.66. The predicted molar refractivity (Wildman–Crippen MR) is 79.3 cm³/mol. The maximum absolute atomic E-state index is 12.8. The van der Waals surface area contributed by atoms with Crippen molar-refractivity contribution in [1.29, 1.82) is 0 Å². The molecule has 0 aliphatic heterocycles. The molecular weight excluding hydrogens is 323 g/mol. The molecule has 1 aromatic carbocycles. The number of aliphatic carboxylic acids is 1. The number of hydrogen-bond donors (Lipinski definition) is 2. The quantitative estimate of drug-likeness (QED) is 0.883. The van der Waals surface area contributed by atoms with Crippen LogP contribution in [0.2, 0.25) is 0 Å². The summed E-state index contributed by atoms with van der Waals surface area (Å²) in [5.41, 5.74) is -1.47. The van der Waals surface area contributed by atoms with Gasteiger partial charge in [0.25, 0.3) is 0 Å². The minimum atomic E-state index is -4.42. The number of rotatable bonds is 4. The molecule has 0 radical (unpaired) electrons. The van der Waals surface area contributed by atoms with Crippen LogP contribution in [0.1, 0.15) is 49.1 Å². The van der Waals surface area contributed by atoms with Gasteiger partial charge in [-0.05, 0) is 36.8 Å². The van der Waals surface area contributed by atoms with Crippen LogP contribution in [0.3, 0.4) is 0 Å². The summed E-state index contributed by atoms with van der Waals surface area (Å²) in [6.07, 6.45) is -1.69. The standard InChI is InChI=1S/C17H18F3NO3/c18-17(19,20)11-5-3-4-10(8-11)12-9-13(12)14(22)21-16(15(23)24)6-1-2-7-16/h3-5,8,12-13H,1-2,6-7,9H2,(H,21,22)(H,23,24). The molecular formula is C17H18F3NO3. The molecule has 2 unspecified atom stereocenters. The van der Waals surface area contributed by atoms with Crippen LogP contribution >= 0.6 is 0 Å². The van der Waals surface area contributed by atoms with Gasteiger partial charge in [0.05, 0.1) is 5.56 Å². The Morgan fingerprint density at radius 1 is 1.21 bits per heavy atom. The number of carboxylic acids is 1. The number of halogens is 3. The molecule has 2 aliphatic carbocycles. The van der Waals surface area contributed by atoms with E-state index >= 15 is 0 Å². The van der Waals surface area contributed by atoms with Gasteiger partial charge in [-0.2, -0.15) is 13.2 Å². The van der Waals surface area contributed by atoms with Gasteiger partial charge < -0.3 is 10.4 Å². The van der Waals surface area contributed by atoms with E-state index in [4.69, 9.17) is 0 Å². The van der Waals surface area contributed by atoms with Gasteiger partial charge in [0.15, 0.2) is 0 Å². The molecule has 0 saturated heterocycles. The maximum Gasteiger partial charge on any atom is 0.416 e. The summed E-state index contributed by atoms with van der Waals surface area (Å²) < 4.78 is 38.3. The van der Waals surface area contributed by atoms with E-state index in [9.17, 15) is 27.9 Å². The number of carbonyl (C=O) groups excluding carboxylic acids is 1. The van der Waals surface area contributed by atoms with E-state index in [2.05, 4.69) is 5.32 Å². The average Bonchev–Trinajstić information content (AvgIpc) is 3.19. The highest BCUT2D eigenvalue weighted by molar-refractivity contribution is 5.90. The van der Waals surface area contributed by atoms with Crippen LogP contribution in [-0.2, 0) is 15.8 Å². The van der Waals surface area contributed by atoms with E-state index in [1.165, 1.54) is 6.07 Å². The SMILES string of the molecule is O=C(NC1(C(=O)O)CCCC1)C1CC1c1cccc(C(F)(F)F)c1. The Morgan fingerprint density at radius 2 is 1.88 bits per heavy atom. The largest absolute Gasteiger partial charge is 0.480 e. The van der Waals surface area contributed by atoms with Crippen LogP contribution < -0.4 is 5.32 Å². The molecule has 0 aromatic heterocycles. The van der Waals surface area contributed by atoms with Gasteiger partial charge in [-0.3, -0.25) is 4.79 Å². The molecule has 1 amide bonds. The van der Waals surface area contributed by atoms with Crippen LogP contribution in [0.15, 0.2) is 24.3 Å². The fourth-order valence-corrected chi connectivity index (χ4v) is 3.50. The van der Waals surface area contributed by atoms with Crippen LogP contribution in [0.4, 0.5) is 13.2 Å². The van der Waals surface area contributed by atoms with Crippen molar-refractivity contribution in [1.82, 2.24) is 5.32 Å². The average molecular weight is 341 g/mol. The minimum absolute atomic E-state index is 0.278. The van der Waals surface area contributed by atoms with Crippen molar-refractivity contribution in [2.75, 3.05) is 0 Å². The summed E-state index contributed by atoms with van der Waals surface area (Å²) in [6, 6.07) is 4.98. The lowest BCUT2D eigenvalue weighted by Gasteiger charge is -2.25. The van der Waals surface area contributed by atoms with Crippen LogP contribution in [0.25, 0.3) is 0 Å². The normalized spacial score (nSPS) is 25.3. The Morgan fingerprint density at radius 3 is 2.46 bits per heavy atom. The van der Waals surface area contributed by atoms with Crippen molar-refractivity contribution >= 4 is 11.9 Å². The molecule has 3 rings (SSSR count). The van der Waals surface area contributed by atoms with Crippen molar-refractivity contribution in [2.24, 2.45) is 5.92 Å². The van der Waals surface area contributed by atoms with Crippen molar-refractivity contribution in [3.63, 3.8) is 0 Å². The van der Waals surface area contributed by atoms with E-state index in [0.29, 0.717) is 24.8 Å². The summed E-state index contributed by atoms with van der Waals surface area (Å²) in [6.45, 7) is 0. The monoisotopic (exact) mass is 341 g/mol. The van der Waals surface area contributed by atoms with Gasteiger partial charge in [0.2, 0.25) is 5.91 Å². The third-order valence-electron chi connectivity index (χ3n) is 5.00. The van der Waals surface area contributed by atoms with Crippen molar-refractivity contribution in [3.8, 4) is 0 Å². The summed E-state index contributed by atoms with van der Waals surface area (Å²) in [5.74, 6) is -2.14. The van der Waals surface area contributed by atoms with Gasteiger partial charge in [-0.1, -0.05) is 31.0 Å². The van der Waals surface area contributed by atoms with E-state index in [1.807, 2.05) is 0 Å². The maximum atomic E-state index is 12.8. The lowest BCUT2D eigenvalue weighted by Crippen LogP contribution is -2.53. The Hall–Kier alpha value is -2.05. The zero-order valence-electron chi connectivity index (χ0n) is 12.9. The first kappa shape index (κ1) is 16.8. The highest BCUT2D eigenvalue weighted by Gasteiger charge is 2.49. The molecule has 2 aliphatic rings. The Bertz CT molecular complexity index is 665. The predicted octanol–water partition coefficient (Wildman–Crippen LogP) is 3.32. The molecule has 0 spiro atoms. The van der Waals surface area contributed by atoms with E-state index < -0.39 is 29.2 Å². The summed E-state index contributed by atoms with van der Waals surface area (Å²) >= 11 is 0. The van der Waals surface area contributed by atoms with Gasteiger partial charge in [0.1, 0.15) is 5.54 Å². The molecule has 0 heterocycles. The van der Waals surface area contributed by atoms with E-state index in [1.54, 1.807) is 6.07 Å². The number of hydrogen-bond acceptors (Lipinski definition) is 2. The first-order valence-corrected chi connectivity index (χ1v) is 7.95. The van der Waals surface area contributed by atoms with Crippen molar-refractivity contribution in [3.05, 3.63) is 35.4 Å². The topological polar surface area (TPSA) is 66.4 Å². The number of alkyl halides is 3. The molecule has 130 valence electrons. The molecule has 2 fully saturated rings. The zero-order chi connectivity index (χ0) is 17.5.